The summed E-state index contributed by atoms with van der Waals surface area (Å²) < 4.78 is 22.2. The first-order valence-electron chi connectivity index (χ1n) is 11.7. The first-order valence-corrected chi connectivity index (χ1v) is 15.7. The number of carbonyl (C=O) groups is 1. The van der Waals surface area contributed by atoms with Gasteiger partial charge in [0.05, 0.1) is 48.8 Å². The third-order valence-corrected chi connectivity index (χ3v) is 7.60. The number of halogens is 1. The van der Waals surface area contributed by atoms with Crippen LogP contribution in [0.2, 0.25) is 0 Å². The van der Waals surface area contributed by atoms with E-state index in [-0.39, 0.29) is 18.6 Å². The molecular weight excluding hydrogens is 606 g/mol. The molecule has 0 saturated heterocycles. The van der Waals surface area contributed by atoms with Gasteiger partial charge in [-0.1, -0.05) is 6.07 Å². The van der Waals surface area contributed by atoms with Gasteiger partial charge >= 0.3 is 5.97 Å². The molecule has 0 fully saturated rings. The van der Waals surface area contributed by atoms with Crippen LogP contribution in [0.5, 0.6) is 5.88 Å². The van der Waals surface area contributed by atoms with Gasteiger partial charge in [0.15, 0.2) is 0 Å². The largest absolute Gasteiger partial charge is 0.475 e. The molecule has 194 valence electrons. The first-order chi connectivity index (χ1) is 17.9. The molecule has 4 aromatic rings. The summed E-state index contributed by atoms with van der Waals surface area (Å²) in [6, 6.07) is 7.94. The SMILES string of the molecule is C#Cc1nn(PI)c2ccc(-c3cnn(C)c3C(C)OCCOc3cc(C)nn3CC(=O)OCC)cc12. The fourth-order valence-corrected chi connectivity index (χ4v) is 5.67. The zero-order valence-electron chi connectivity index (χ0n) is 21.1. The van der Waals surface area contributed by atoms with Gasteiger partial charge in [-0.2, -0.15) is 15.3 Å². The third kappa shape index (κ3) is 5.98. The van der Waals surface area contributed by atoms with E-state index in [1.54, 1.807) is 13.0 Å². The van der Waals surface area contributed by atoms with E-state index in [2.05, 4.69) is 55.4 Å². The average molecular weight is 634 g/mol. The Morgan fingerprint density at radius 2 is 2.08 bits per heavy atom. The van der Waals surface area contributed by atoms with Gasteiger partial charge in [-0.3, -0.25) is 9.48 Å². The minimum Gasteiger partial charge on any atom is -0.475 e. The summed E-state index contributed by atoms with van der Waals surface area (Å²) in [4.78, 5) is 11.8. The maximum absolute atomic E-state index is 11.8. The number of fused-ring (bicyclic) bond motifs is 1. The normalized spacial score (nSPS) is 12.3. The number of esters is 1. The lowest BCUT2D eigenvalue weighted by Crippen LogP contribution is -2.17. The molecule has 0 N–H and O–H groups in total. The Hall–Kier alpha value is -2.94. The predicted molar refractivity (Wildman–Crippen MR) is 151 cm³/mol. The second-order valence-corrected chi connectivity index (χ2v) is 10.3. The number of aryl methyl sites for hydroxylation is 2. The molecule has 37 heavy (non-hydrogen) atoms. The van der Waals surface area contributed by atoms with Crippen molar-refractivity contribution in [1.29, 1.82) is 0 Å². The maximum atomic E-state index is 11.8. The molecular formula is C25H28IN6O4P. The zero-order valence-corrected chi connectivity index (χ0v) is 24.2. The van der Waals surface area contributed by atoms with Gasteiger partial charge in [-0.15, -0.1) is 6.42 Å². The standard InChI is InChI=1S/C25H28IN6O4P/c1-6-21-19-13-18(8-9-22(19)32(29-21)37-26)20-14-27-30(5)25(20)17(4)35-10-11-36-23-12-16(3)28-31(23)15-24(33)34-7-2/h1,8-9,12-14,17,37H,7,10-11,15H2,2-5H3. The van der Waals surface area contributed by atoms with Crippen LogP contribution in [0.3, 0.4) is 0 Å². The quantitative estimate of drug-likeness (QED) is 0.0792. The number of nitrogens with zero attached hydrogens (tertiary/aromatic N) is 6. The van der Waals surface area contributed by atoms with E-state index in [9.17, 15) is 4.79 Å². The van der Waals surface area contributed by atoms with Crippen LogP contribution in [0.4, 0.5) is 0 Å². The molecule has 2 atom stereocenters. The van der Waals surface area contributed by atoms with Crippen LogP contribution in [0.1, 0.15) is 37.0 Å². The fourth-order valence-electron chi connectivity index (χ4n) is 4.14. The Morgan fingerprint density at radius 3 is 2.81 bits per heavy atom. The minimum atomic E-state index is -0.362. The zero-order chi connectivity index (χ0) is 26.5. The van der Waals surface area contributed by atoms with E-state index in [0.717, 1.165) is 33.4 Å². The van der Waals surface area contributed by atoms with E-state index >= 15 is 0 Å². The number of carbonyl (C=O) groups excluding carboxylic acids is 1. The lowest BCUT2D eigenvalue weighted by molar-refractivity contribution is -0.144. The van der Waals surface area contributed by atoms with E-state index < -0.39 is 0 Å². The van der Waals surface area contributed by atoms with Crippen LogP contribution in [0.15, 0.2) is 30.5 Å². The van der Waals surface area contributed by atoms with Crippen LogP contribution in [0.25, 0.3) is 22.0 Å². The van der Waals surface area contributed by atoms with Crippen LogP contribution in [-0.2, 0) is 27.9 Å². The second kappa shape index (κ2) is 12.1. The number of aromatic nitrogens is 6. The Morgan fingerprint density at radius 1 is 1.27 bits per heavy atom. The Labute approximate surface area is 230 Å². The van der Waals surface area contributed by atoms with Crippen molar-refractivity contribution in [2.45, 2.75) is 33.4 Å². The predicted octanol–water partition coefficient (Wildman–Crippen LogP) is 4.43. The summed E-state index contributed by atoms with van der Waals surface area (Å²) >= 11 is 2.29. The van der Waals surface area contributed by atoms with Gasteiger partial charge in [0, 0.05) is 24.1 Å². The van der Waals surface area contributed by atoms with Crippen molar-refractivity contribution >= 4 is 45.3 Å². The summed E-state index contributed by atoms with van der Waals surface area (Å²) in [7, 11) is 1.90. The molecule has 3 heterocycles. The summed E-state index contributed by atoms with van der Waals surface area (Å²) in [5, 5.41) is 14.3. The molecule has 0 amide bonds. The van der Waals surface area contributed by atoms with Crippen molar-refractivity contribution in [3.8, 4) is 29.4 Å². The van der Waals surface area contributed by atoms with Crippen molar-refractivity contribution in [2.24, 2.45) is 7.05 Å². The molecule has 0 radical (unpaired) electrons. The van der Waals surface area contributed by atoms with Gasteiger partial charge in [0.25, 0.3) is 0 Å². The molecule has 10 nitrogen and oxygen atoms in total. The number of benzene rings is 1. The summed E-state index contributed by atoms with van der Waals surface area (Å²) in [5.41, 5.74) is 5.29. The van der Waals surface area contributed by atoms with E-state index in [1.165, 1.54) is 4.68 Å². The van der Waals surface area contributed by atoms with Crippen molar-refractivity contribution in [3.05, 3.63) is 47.5 Å². The molecule has 12 heteroatoms. The van der Waals surface area contributed by atoms with Crippen molar-refractivity contribution < 1.29 is 19.0 Å². The molecule has 4 rings (SSSR count). The molecule has 0 bridgehead atoms. The van der Waals surface area contributed by atoms with Crippen LogP contribution in [-0.4, -0.2) is 54.9 Å². The van der Waals surface area contributed by atoms with Crippen molar-refractivity contribution in [2.75, 3.05) is 19.8 Å². The number of ether oxygens (including phenoxy) is 3. The molecule has 0 saturated carbocycles. The summed E-state index contributed by atoms with van der Waals surface area (Å²) in [6.07, 6.45) is 7.76. The summed E-state index contributed by atoms with van der Waals surface area (Å²) in [5.74, 6) is 2.83. The number of terminal acetylenes is 1. The smallest absolute Gasteiger partial charge is 0.327 e. The molecule has 1 aromatic carbocycles. The van der Waals surface area contributed by atoms with E-state index in [4.69, 9.17) is 20.6 Å². The van der Waals surface area contributed by atoms with Crippen LogP contribution in [0, 0.1) is 19.3 Å². The molecule has 0 spiro atoms. The number of hydrogen-bond acceptors (Lipinski definition) is 7. The highest BCUT2D eigenvalue weighted by atomic mass is 127. The molecule has 2 unspecified atom stereocenters. The molecule has 0 aliphatic carbocycles. The van der Waals surface area contributed by atoms with Gasteiger partial charge in [-0.05, 0) is 66.4 Å². The van der Waals surface area contributed by atoms with Crippen molar-refractivity contribution in [3.63, 3.8) is 0 Å². The van der Waals surface area contributed by atoms with Crippen LogP contribution < -0.4 is 4.74 Å². The highest BCUT2D eigenvalue weighted by Crippen LogP contribution is 2.35. The Balaban J connectivity index is 1.45. The van der Waals surface area contributed by atoms with Gasteiger partial charge < -0.3 is 14.2 Å². The van der Waals surface area contributed by atoms with Gasteiger partial charge in [0.2, 0.25) is 5.88 Å². The fraction of sp³-hybridized carbons (Fsp3) is 0.360. The highest BCUT2D eigenvalue weighted by Gasteiger charge is 2.20. The topological polar surface area (TPSA) is 98.2 Å². The summed E-state index contributed by atoms with van der Waals surface area (Å²) in [6.45, 7) is 6.53. The maximum Gasteiger partial charge on any atom is 0.327 e. The first kappa shape index (κ1) is 27.1. The second-order valence-electron chi connectivity index (χ2n) is 8.24. The average Bonchev–Trinajstić information content (AvgIpc) is 3.55. The van der Waals surface area contributed by atoms with Crippen LogP contribution >= 0.6 is 28.4 Å². The number of hydrogen-bond donors (Lipinski definition) is 0. The molecule has 0 aliphatic rings. The third-order valence-electron chi connectivity index (χ3n) is 5.73. The highest BCUT2D eigenvalue weighted by molar-refractivity contribution is 14.2. The van der Waals surface area contributed by atoms with E-state index in [0.29, 0.717) is 37.8 Å². The molecule has 0 aliphatic heterocycles. The number of rotatable bonds is 11. The van der Waals surface area contributed by atoms with Gasteiger partial charge in [0.1, 0.15) is 18.8 Å². The minimum absolute atomic E-state index is 0.00440. The van der Waals surface area contributed by atoms with E-state index in [1.807, 2.05) is 42.3 Å². The lowest BCUT2D eigenvalue weighted by Gasteiger charge is -2.16. The monoisotopic (exact) mass is 634 g/mol. The lowest BCUT2D eigenvalue weighted by atomic mass is 10.0. The van der Waals surface area contributed by atoms with Crippen molar-refractivity contribution in [1.82, 2.24) is 29.1 Å². The molecule has 3 aromatic heterocycles. The Kier molecular flexibility index (Phi) is 8.84. The van der Waals surface area contributed by atoms with Gasteiger partial charge in [-0.25, -0.2) is 9.13 Å². The Bertz CT molecular complexity index is 1450.